The Balaban J connectivity index is 2.97. The van der Waals surface area contributed by atoms with E-state index in [0.29, 0.717) is 0 Å². The van der Waals surface area contributed by atoms with Gasteiger partial charge in [0.15, 0.2) is 0 Å². The Hall–Kier alpha value is -0.603. The first-order valence-electron chi connectivity index (χ1n) is 3.28. The van der Waals surface area contributed by atoms with Gasteiger partial charge in [-0.1, -0.05) is 24.3 Å². The average molecular weight is 150 g/mol. The van der Waals surface area contributed by atoms with Crippen molar-refractivity contribution in [3.63, 3.8) is 0 Å². The van der Waals surface area contributed by atoms with E-state index in [0.717, 1.165) is 5.19 Å². The highest BCUT2D eigenvalue weighted by Crippen LogP contribution is 1.97. The van der Waals surface area contributed by atoms with E-state index in [4.69, 9.17) is 0 Å². The van der Waals surface area contributed by atoms with Gasteiger partial charge in [-0.3, -0.25) is 4.80 Å². The van der Waals surface area contributed by atoms with Crippen molar-refractivity contribution >= 4 is 13.5 Å². The van der Waals surface area contributed by atoms with Crippen LogP contribution in [0.2, 0.25) is 13.1 Å². The molecule has 0 N–H and O–H groups in total. The fourth-order valence-corrected chi connectivity index (χ4v) is 1.76. The van der Waals surface area contributed by atoms with Gasteiger partial charge in [0, 0.05) is 0 Å². The Bertz CT molecular complexity index is 200. The highest BCUT2D eigenvalue weighted by atomic mass is 28.4. The third-order valence-corrected chi connectivity index (χ3v) is 3.14. The predicted octanol–water partition coefficient (Wildman–Crippen LogP) is 1.33. The van der Waals surface area contributed by atoms with E-state index in [-0.39, 0.29) is 0 Å². The molecule has 1 rings (SSSR count). The SMILES string of the molecule is C[Si](C)([O])c1cc[c]cc1. The minimum absolute atomic E-state index is 0.950. The molecule has 0 aliphatic heterocycles. The Morgan fingerprint density at radius 3 is 2.10 bits per heavy atom. The molecule has 0 saturated carbocycles. The summed E-state index contributed by atoms with van der Waals surface area (Å²) in [5, 5.41) is 0.950. The lowest BCUT2D eigenvalue weighted by molar-refractivity contribution is 0.443. The van der Waals surface area contributed by atoms with E-state index >= 15 is 0 Å². The summed E-state index contributed by atoms with van der Waals surface area (Å²) in [5.41, 5.74) is 0. The summed E-state index contributed by atoms with van der Waals surface area (Å²) in [7, 11) is -2.30. The molecule has 2 heteroatoms. The van der Waals surface area contributed by atoms with Crippen LogP contribution >= 0.6 is 0 Å². The lowest BCUT2D eigenvalue weighted by Crippen LogP contribution is -2.39. The van der Waals surface area contributed by atoms with Crippen molar-refractivity contribution < 1.29 is 4.80 Å². The van der Waals surface area contributed by atoms with E-state index in [1.807, 2.05) is 12.1 Å². The third kappa shape index (κ3) is 1.69. The van der Waals surface area contributed by atoms with Gasteiger partial charge in [-0.15, -0.1) is 0 Å². The molecular weight excluding hydrogens is 140 g/mol. The first kappa shape index (κ1) is 7.50. The monoisotopic (exact) mass is 150 g/mol. The molecule has 0 aliphatic rings. The molecule has 0 unspecified atom stereocenters. The van der Waals surface area contributed by atoms with Crippen molar-refractivity contribution in [1.29, 1.82) is 0 Å². The summed E-state index contributed by atoms with van der Waals surface area (Å²) in [5.74, 6) is 0. The Labute approximate surface area is 62.5 Å². The number of benzene rings is 1. The summed E-state index contributed by atoms with van der Waals surface area (Å²) in [4.78, 5) is 11.4. The lowest BCUT2D eigenvalue weighted by Gasteiger charge is -2.09. The summed E-state index contributed by atoms with van der Waals surface area (Å²) < 4.78 is 0. The smallest absolute Gasteiger partial charge is 0.262 e. The van der Waals surface area contributed by atoms with Crippen LogP contribution in [0, 0.1) is 6.07 Å². The van der Waals surface area contributed by atoms with Gasteiger partial charge in [0.2, 0.25) is 0 Å². The number of hydrogen-bond acceptors (Lipinski definition) is 0. The van der Waals surface area contributed by atoms with Crippen LogP contribution in [0.3, 0.4) is 0 Å². The molecule has 0 fully saturated rings. The lowest BCUT2D eigenvalue weighted by atomic mass is 10.4. The van der Waals surface area contributed by atoms with Gasteiger partial charge in [0.1, 0.15) is 0 Å². The van der Waals surface area contributed by atoms with Gasteiger partial charge in [0.05, 0.1) is 0 Å². The van der Waals surface area contributed by atoms with Crippen LogP contribution in [0.1, 0.15) is 0 Å². The number of hydrogen-bond donors (Lipinski definition) is 0. The fourth-order valence-electron chi connectivity index (χ4n) is 0.788. The zero-order chi connectivity index (χ0) is 7.61. The Morgan fingerprint density at radius 2 is 1.80 bits per heavy atom. The topological polar surface area (TPSA) is 19.9 Å². The summed E-state index contributed by atoms with van der Waals surface area (Å²) >= 11 is 0. The first-order valence-corrected chi connectivity index (χ1v) is 6.18. The zero-order valence-electron chi connectivity index (χ0n) is 6.22. The second-order valence-electron chi connectivity index (χ2n) is 2.80. The van der Waals surface area contributed by atoms with Crippen molar-refractivity contribution in [2.75, 3.05) is 0 Å². The van der Waals surface area contributed by atoms with E-state index in [2.05, 4.69) is 6.07 Å². The molecule has 0 amide bonds. The molecule has 0 spiro atoms. The maximum Gasteiger partial charge on any atom is 0.262 e. The molecule has 0 bridgehead atoms. The molecule has 1 aromatic carbocycles. The third-order valence-electron chi connectivity index (χ3n) is 1.41. The molecule has 0 saturated heterocycles. The van der Waals surface area contributed by atoms with E-state index in [1.165, 1.54) is 0 Å². The molecule has 0 heterocycles. The van der Waals surface area contributed by atoms with Gasteiger partial charge in [-0.25, -0.2) is 0 Å². The van der Waals surface area contributed by atoms with Crippen molar-refractivity contribution in [2.24, 2.45) is 0 Å². The molecule has 52 valence electrons. The van der Waals surface area contributed by atoms with Crippen molar-refractivity contribution in [1.82, 2.24) is 0 Å². The van der Waals surface area contributed by atoms with Crippen LogP contribution in [-0.4, -0.2) is 8.32 Å². The minimum Gasteiger partial charge on any atom is -0.292 e. The molecule has 0 aliphatic carbocycles. The van der Waals surface area contributed by atoms with Crippen LogP contribution in [0.15, 0.2) is 24.3 Å². The fraction of sp³-hybridized carbons (Fsp3) is 0.250. The van der Waals surface area contributed by atoms with Gasteiger partial charge < -0.3 is 0 Å². The maximum absolute atomic E-state index is 11.4. The van der Waals surface area contributed by atoms with Crippen molar-refractivity contribution in [3.05, 3.63) is 30.3 Å². The van der Waals surface area contributed by atoms with Crippen LogP contribution in [0.25, 0.3) is 0 Å². The van der Waals surface area contributed by atoms with Crippen LogP contribution < -0.4 is 5.19 Å². The predicted molar refractivity (Wildman–Crippen MR) is 43.1 cm³/mol. The van der Waals surface area contributed by atoms with E-state index in [9.17, 15) is 4.80 Å². The quantitative estimate of drug-likeness (QED) is 0.538. The van der Waals surface area contributed by atoms with Crippen LogP contribution in [0.5, 0.6) is 0 Å². The normalized spacial score (nSPS) is 11.5. The zero-order valence-corrected chi connectivity index (χ0v) is 7.22. The highest BCUT2D eigenvalue weighted by Gasteiger charge is 2.21. The second-order valence-corrected chi connectivity index (χ2v) is 6.40. The van der Waals surface area contributed by atoms with E-state index in [1.54, 1.807) is 25.2 Å². The van der Waals surface area contributed by atoms with Gasteiger partial charge in [-0.05, 0) is 24.3 Å². The van der Waals surface area contributed by atoms with E-state index < -0.39 is 8.32 Å². The highest BCUT2D eigenvalue weighted by molar-refractivity contribution is 6.82. The first-order chi connectivity index (χ1) is 4.61. The summed E-state index contributed by atoms with van der Waals surface area (Å²) in [6, 6.07) is 10.2. The summed E-state index contributed by atoms with van der Waals surface area (Å²) in [6.45, 7) is 3.59. The van der Waals surface area contributed by atoms with Gasteiger partial charge >= 0.3 is 0 Å². The molecule has 2 radical (unpaired) electrons. The number of rotatable bonds is 1. The molecule has 1 nitrogen and oxygen atoms in total. The largest absolute Gasteiger partial charge is 0.292 e. The minimum atomic E-state index is -2.30. The Morgan fingerprint density at radius 1 is 1.30 bits per heavy atom. The molecular formula is C8H10OSi. The Kier molecular flexibility index (Phi) is 1.92. The standard InChI is InChI=1S/C8H10OSi/c1-10(2,9)8-6-4-3-5-7-8/h4-7H,1-2H3. The average Bonchev–Trinajstić information content (AvgIpc) is 1.88. The van der Waals surface area contributed by atoms with Gasteiger partial charge in [-0.2, -0.15) is 0 Å². The maximum atomic E-state index is 11.4. The van der Waals surface area contributed by atoms with Crippen LogP contribution in [0.4, 0.5) is 0 Å². The molecule has 1 aromatic rings. The molecule has 0 aromatic heterocycles. The summed E-state index contributed by atoms with van der Waals surface area (Å²) in [6.07, 6.45) is 0. The van der Waals surface area contributed by atoms with Crippen molar-refractivity contribution in [3.8, 4) is 0 Å². The van der Waals surface area contributed by atoms with Crippen molar-refractivity contribution in [2.45, 2.75) is 13.1 Å². The molecule has 10 heavy (non-hydrogen) atoms. The van der Waals surface area contributed by atoms with Gasteiger partial charge in [0.25, 0.3) is 8.32 Å². The molecule has 0 atom stereocenters. The second kappa shape index (κ2) is 2.56. The van der Waals surface area contributed by atoms with Crippen LogP contribution in [-0.2, 0) is 4.80 Å².